The van der Waals surface area contributed by atoms with Gasteiger partial charge in [0.2, 0.25) is 0 Å². The third kappa shape index (κ3) is 53.0. The van der Waals surface area contributed by atoms with Crippen LogP contribution >= 0.6 is 0 Å². The summed E-state index contributed by atoms with van der Waals surface area (Å²) in [6.07, 6.45) is 19.2. The van der Waals surface area contributed by atoms with Gasteiger partial charge >= 0.3 is 5.97 Å². The van der Waals surface area contributed by atoms with Crippen molar-refractivity contribution in [1.29, 1.82) is 0 Å². The standard InChI is InChI=1S/C44H88O14/c1-5-6-7-8-9-10-11-12-13-14-15-16-17-18-19-46-20-21-47-22-23-48-24-25-49-26-27-50-28-29-51-30-31-52-32-33-53-34-35-54-36-37-55-38-39-56-40-41-57-42-43(45)58-44(2,3)4/h5-42H2,1-4H3. The first-order chi connectivity index (χ1) is 28.5. The zero-order valence-corrected chi connectivity index (χ0v) is 37.6. The van der Waals surface area contributed by atoms with E-state index in [0.717, 1.165) is 13.0 Å². The van der Waals surface area contributed by atoms with Crippen molar-refractivity contribution in [2.75, 3.05) is 159 Å². The smallest absolute Gasteiger partial charge is 0.332 e. The Morgan fingerprint density at radius 3 is 0.741 bits per heavy atom. The van der Waals surface area contributed by atoms with Crippen molar-refractivity contribution in [3.05, 3.63) is 0 Å². The van der Waals surface area contributed by atoms with Gasteiger partial charge < -0.3 is 61.6 Å². The highest BCUT2D eigenvalue weighted by atomic mass is 16.6. The maximum Gasteiger partial charge on any atom is 0.332 e. The molecular formula is C44H88O14. The molecule has 0 N–H and O–H groups in total. The molecule has 0 aromatic heterocycles. The second-order valence-electron chi connectivity index (χ2n) is 15.0. The third-order valence-electron chi connectivity index (χ3n) is 8.37. The van der Waals surface area contributed by atoms with Gasteiger partial charge in [0.15, 0.2) is 0 Å². The molecule has 0 heterocycles. The van der Waals surface area contributed by atoms with E-state index in [1.54, 1.807) is 0 Å². The molecule has 0 radical (unpaired) electrons. The van der Waals surface area contributed by atoms with Crippen LogP contribution in [0.5, 0.6) is 0 Å². The topological polar surface area (TPSA) is 137 Å². The Balaban J connectivity index is 3.09. The maximum absolute atomic E-state index is 11.5. The van der Waals surface area contributed by atoms with E-state index in [1.807, 2.05) is 20.8 Å². The molecule has 58 heavy (non-hydrogen) atoms. The summed E-state index contributed by atoms with van der Waals surface area (Å²) in [6, 6.07) is 0. The van der Waals surface area contributed by atoms with Crippen molar-refractivity contribution < 1.29 is 66.4 Å². The molecule has 0 aromatic carbocycles. The SMILES string of the molecule is CCCCCCCCCCCCCCCCOCCOCCOCCOCCOCCOCCOCCOCCOCCOCCOCCOCC(=O)OC(C)(C)C. The van der Waals surface area contributed by atoms with Gasteiger partial charge in [0, 0.05) is 6.61 Å². The molecule has 0 spiro atoms. The van der Waals surface area contributed by atoms with Gasteiger partial charge in [-0.2, -0.15) is 0 Å². The van der Waals surface area contributed by atoms with Gasteiger partial charge in [0.25, 0.3) is 0 Å². The van der Waals surface area contributed by atoms with Crippen LogP contribution in [0.15, 0.2) is 0 Å². The van der Waals surface area contributed by atoms with Gasteiger partial charge in [0.1, 0.15) is 12.2 Å². The molecule has 0 fully saturated rings. The Labute approximate surface area is 353 Å². The lowest BCUT2D eigenvalue weighted by Crippen LogP contribution is -2.27. The fourth-order valence-corrected chi connectivity index (χ4v) is 5.34. The molecule has 0 unspecified atom stereocenters. The number of carbonyl (C=O) groups excluding carboxylic acids is 1. The predicted octanol–water partition coefficient (Wildman–Crippen LogP) is 7.01. The van der Waals surface area contributed by atoms with Gasteiger partial charge in [0.05, 0.1) is 145 Å². The average molecular weight is 841 g/mol. The molecule has 0 aliphatic heterocycles. The maximum atomic E-state index is 11.5. The molecular weight excluding hydrogens is 752 g/mol. The largest absolute Gasteiger partial charge is 0.458 e. The van der Waals surface area contributed by atoms with Gasteiger partial charge in [-0.25, -0.2) is 4.79 Å². The Hall–Kier alpha value is -1.01. The number of hydrogen-bond acceptors (Lipinski definition) is 14. The minimum Gasteiger partial charge on any atom is -0.458 e. The summed E-state index contributed by atoms with van der Waals surface area (Å²) in [6.45, 7) is 19.5. The molecule has 0 bridgehead atoms. The Bertz CT molecular complexity index is 786. The number of hydrogen-bond donors (Lipinski definition) is 0. The molecule has 0 rings (SSSR count). The molecule has 0 aromatic rings. The first-order valence-electron chi connectivity index (χ1n) is 22.6. The summed E-state index contributed by atoms with van der Waals surface area (Å²) >= 11 is 0. The summed E-state index contributed by atoms with van der Waals surface area (Å²) in [5.74, 6) is -0.385. The number of ether oxygens (including phenoxy) is 13. The quantitative estimate of drug-likeness (QED) is 0.0459. The molecule has 14 heteroatoms. The lowest BCUT2D eigenvalue weighted by atomic mass is 10.0. The first-order valence-corrected chi connectivity index (χ1v) is 22.6. The van der Waals surface area contributed by atoms with Crippen LogP contribution in [0.2, 0.25) is 0 Å². The van der Waals surface area contributed by atoms with Crippen molar-refractivity contribution in [3.8, 4) is 0 Å². The van der Waals surface area contributed by atoms with E-state index in [0.29, 0.717) is 145 Å². The van der Waals surface area contributed by atoms with E-state index in [-0.39, 0.29) is 12.6 Å². The number of unbranched alkanes of at least 4 members (excludes halogenated alkanes) is 13. The lowest BCUT2D eigenvalue weighted by Gasteiger charge is -2.19. The van der Waals surface area contributed by atoms with Crippen molar-refractivity contribution in [2.24, 2.45) is 0 Å². The van der Waals surface area contributed by atoms with Gasteiger partial charge in [-0.05, 0) is 27.2 Å². The zero-order valence-electron chi connectivity index (χ0n) is 37.6. The highest BCUT2D eigenvalue weighted by Gasteiger charge is 2.15. The fraction of sp³-hybridized carbons (Fsp3) is 0.977. The molecule has 0 atom stereocenters. The van der Waals surface area contributed by atoms with Crippen molar-refractivity contribution in [1.82, 2.24) is 0 Å². The van der Waals surface area contributed by atoms with Crippen molar-refractivity contribution >= 4 is 5.97 Å². The van der Waals surface area contributed by atoms with Crippen LogP contribution in [0, 0.1) is 0 Å². The van der Waals surface area contributed by atoms with Crippen LogP contribution < -0.4 is 0 Å². The monoisotopic (exact) mass is 841 g/mol. The van der Waals surface area contributed by atoms with Gasteiger partial charge in [-0.3, -0.25) is 0 Å². The van der Waals surface area contributed by atoms with Crippen LogP contribution in [0.25, 0.3) is 0 Å². The van der Waals surface area contributed by atoms with Crippen LogP contribution in [0.4, 0.5) is 0 Å². The fourth-order valence-electron chi connectivity index (χ4n) is 5.34. The summed E-state index contributed by atoms with van der Waals surface area (Å²) in [5.41, 5.74) is -0.511. The zero-order chi connectivity index (χ0) is 42.1. The van der Waals surface area contributed by atoms with Crippen LogP contribution in [-0.2, 0) is 66.4 Å². The lowest BCUT2D eigenvalue weighted by molar-refractivity contribution is -0.160. The molecule has 0 aliphatic rings. The van der Waals surface area contributed by atoms with Crippen LogP contribution in [0.1, 0.15) is 118 Å². The molecule has 0 amide bonds. The van der Waals surface area contributed by atoms with Crippen LogP contribution in [-0.4, -0.2) is 170 Å². The number of carbonyl (C=O) groups is 1. The second-order valence-corrected chi connectivity index (χ2v) is 15.0. The molecule has 0 saturated heterocycles. The predicted molar refractivity (Wildman–Crippen MR) is 226 cm³/mol. The van der Waals surface area contributed by atoms with E-state index in [1.165, 1.54) is 83.5 Å². The normalized spacial score (nSPS) is 11.9. The molecule has 348 valence electrons. The van der Waals surface area contributed by atoms with E-state index in [9.17, 15) is 4.79 Å². The Morgan fingerprint density at radius 1 is 0.293 bits per heavy atom. The second kappa shape index (κ2) is 48.7. The van der Waals surface area contributed by atoms with E-state index >= 15 is 0 Å². The summed E-state index contributed by atoms with van der Waals surface area (Å²) < 4.78 is 71.1. The average Bonchev–Trinajstić information content (AvgIpc) is 3.19. The highest BCUT2D eigenvalue weighted by molar-refractivity contribution is 5.71. The number of rotatable bonds is 50. The minimum atomic E-state index is -0.511. The Kier molecular flexibility index (Phi) is 47.8. The van der Waals surface area contributed by atoms with E-state index in [4.69, 9.17) is 61.6 Å². The molecule has 14 nitrogen and oxygen atoms in total. The molecule has 0 saturated carbocycles. The Morgan fingerprint density at radius 2 is 0.500 bits per heavy atom. The molecule has 0 aliphatic carbocycles. The van der Waals surface area contributed by atoms with Gasteiger partial charge in [-0.15, -0.1) is 0 Å². The third-order valence-corrected chi connectivity index (χ3v) is 8.37. The highest BCUT2D eigenvalue weighted by Crippen LogP contribution is 2.13. The van der Waals surface area contributed by atoms with Crippen molar-refractivity contribution in [2.45, 2.75) is 123 Å². The first kappa shape index (κ1) is 57.0. The van der Waals surface area contributed by atoms with Gasteiger partial charge in [-0.1, -0.05) is 90.4 Å². The van der Waals surface area contributed by atoms with Crippen LogP contribution in [0.3, 0.4) is 0 Å². The van der Waals surface area contributed by atoms with E-state index in [2.05, 4.69) is 6.92 Å². The summed E-state index contributed by atoms with van der Waals surface area (Å²) in [4.78, 5) is 11.5. The van der Waals surface area contributed by atoms with Crippen molar-refractivity contribution in [3.63, 3.8) is 0 Å². The summed E-state index contributed by atoms with van der Waals surface area (Å²) in [5, 5.41) is 0. The minimum absolute atomic E-state index is 0.0822. The summed E-state index contributed by atoms with van der Waals surface area (Å²) in [7, 11) is 0. The van der Waals surface area contributed by atoms with E-state index < -0.39 is 5.60 Å². The number of esters is 1.